The van der Waals surface area contributed by atoms with Crippen LogP contribution in [0.2, 0.25) is 0 Å². The summed E-state index contributed by atoms with van der Waals surface area (Å²) in [6.07, 6.45) is 3.56. The van der Waals surface area contributed by atoms with Gasteiger partial charge in [-0.25, -0.2) is 9.97 Å². The number of hydrogen-bond acceptors (Lipinski definition) is 3. The Morgan fingerprint density at radius 3 is 1.73 bits per heavy atom. The van der Waals surface area contributed by atoms with E-state index in [2.05, 4.69) is 71.7 Å². The molecule has 0 aliphatic heterocycles. The Balaban J connectivity index is 1.67. The highest BCUT2D eigenvalue weighted by Crippen LogP contribution is 2.29. The standard InChI is InChI=1S/C27H19N3/c1-3-9-20(10-4-1)22-13-7-14-23(17-22)26-18-25(21-11-5-2-6-12-21)29-27(30-26)24-15-8-16-28-19-24/h1-19H. The Morgan fingerprint density at radius 2 is 1.03 bits per heavy atom. The van der Waals surface area contributed by atoms with Gasteiger partial charge in [-0.3, -0.25) is 4.98 Å². The van der Waals surface area contributed by atoms with Crippen molar-refractivity contribution < 1.29 is 0 Å². The summed E-state index contributed by atoms with van der Waals surface area (Å²) in [6.45, 7) is 0. The van der Waals surface area contributed by atoms with Gasteiger partial charge in [-0.2, -0.15) is 0 Å². The second kappa shape index (κ2) is 8.10. The summed E-state index contributed by atoms with van der Waals surface area (Å²) in [4.78, 5) is 14.0. The van der Waals surface area contributed by atoms with Gasteiger partial charge >= 0.3 is 0 Å². The fourth-order valence-electron chi connectivity index (χ4n) is 3.46. The van der Waals surface area contributed by atoms with Gasteiger partial charge in [0, 0.05) is 29.1 Å². The minimum absolute atomic E-state index is 0.671. The molecule has 0 N–H and O–H groups in total. The quantitative estimate of drug-likeness (QED) is 0.352. The van der Waals surface area contributed by atoms with E-state index in [1.54, 1.807) is 12.4 Å². The Labute approximate surface area is 175 Å². The molecule has 0 unspecified atom stereocenters. The van der Waals surface area contributed by atoms with Gasteiger partial charge in [-0.05, 0) is 35.4 Å². The second-order valence-corrected chi connectivity index (χ2v) is 7.02. The van der Waals surface area contributed by atoms with Crippen LogP contribution in [0.15, 0.2) is 116 Å². The van der Waals surface area contributed by atoms with Gasteiger partial charge in [-0.15, -0.1) is 0 Å². The topological polar surface area (TPSA) is 38.7 Å². The van der Waals surface area contributed by atoms with Crippen molar-refractivity contribution in [2.45, 2.75) is 0 Å². The highest BCUT2D eigenvalue weighted by Gasteiger charge is 2.11. The van der Waals surface area contributed by atoms with E-state index < -0.39 is 0 Å². The van der Waals surface area contributed by atoms with Crippen LogP contribution in [0, 0.1) is 0 Å². The SMILES string of the molecule is c1ccc(-c2cccc(-c3cc(-c4ccccc4)nc(-c4cccnc4)n3)c2)cc1. The lowest BCUT2D eigenvalue weighted by atomic mass is 10.0. The molecule has 3 nitrogen and oxygen atoms in total. The zero-order valence-electron chi connectivity index (χ0n) is 16.3. The van der Waals surface area contributed by atoms with Gasteiger partial charge in [0.2, 0.25) is 0 Å². The molecule has 0 fully saturated rings. The largest absolute Gasteiger partial charge is 0.264 e. The third-order valence-electron chi connectivity index (χ3n) is 4.98. The molecule has 3 heteroatoms. The number of rotatable bonds is 4. The number of aromatic nitrogens is 3. The smallest absolute Gasteiger partial charge is 0.161 e. The first-order valence-corrected chi connectivity index (χ1v) is 9.87. The first-order valence-electron chi connectivity index (χ1n) is 9.87. The van der Waals surface area contributed by atoms with E-state index in [1.807, 2.05) is 36.4 Å². The highest BCUT2D eigenvalue weighted by molar-refractivity contribution is 5.75. The fraction of sp³-hybridized carbons (Fsp3) is 0. The molecule has 0 radical (unpaired) electrons. The van der Waals surface area contributed by atoms with Crippen LogP contribution < -0.4 is 0 Å². The Bertz CT molecular complexity index is 1210. The molecule has 0 saturated carbocycles. The molecule has 142 valence electrons. The summed E-state index contributed by atoms with van der Waals surface area (Å²) in [5.74, 6) is 0.671. The van der Waals surface area contributed by atoms with E-state index in [0.717, 1.165) is 33.6 Å². The first-order chi connectivity index (χ1) is 14.9. The molecule has 0 aliphatic rings. The van der Waals surface area contributed by atoms with Crippen LogP contribution in [-0.4, -0.2) is 15.0 Å². The van der Waals surface area contributed by atoms with E-state index in [-0.39, 0.29) is 0 Å². The van der Waals surface area contributed by atoms with Gasteiger partial charge in [0.1, 0.15) is 0 Å². The lowest BCUT2D eigenvalue weighted by Gasteiger charge is -2.10. The van der Waals surface area contributed by atoms with E-state index >= 15 is 0 Å². The minimum atomic E-state index is 0.671. The molecule has 0 amide bonds. The lowest BCUT2D eigenvalue weighted by molar-refractivity contribution is 1.17. The molecular formula is C27H19N3. The summed E-state index contributed by atoms with van der Waals surface area (Å²) in [6, 6.07) is 35.0. The van der Waals surface area contributed by atoms with Crippen molar-refractivity contribution in [1.82, 2.24) is 15.0 Å². The first kappa shape index (κ1) is 18.0. The summed E-state index contributed by atoms with van der Waals surface area (Å²) >= 11 is 0. The molecular weight excluding hydrogens is 366 g/mol. The van der Waals surface area contributed by atoms with Gasteiger partial charge in [0.05, 0.1) is 11.4 Å². The van der Waals surface area contributed by atoms with Crippen LogP contribution in [0.1, 0.15) is 0 Å². The highest BCUT2D eigenvalue weighted by atomic mass is 14.9. The number of pyridine rings is 1. The van der Waals surface area contributed by atoms with Crippen molar-refractivity contribution in [3.63, 3.8) is 0 Å². The zero-order valence-corrected chi connectivity index (χ0v) is 16.3. The number of benzene rings is 3. The number of nitrogens with zero attached hydrogens (tertiary/aromatic N) is 3. The zero-order chi connectivity index (χ0) is 20.2. The van der Waals surface area contributed by atoms with E-state index in [4.69, 9.17) is 9.97 Å². The van der Waals surface area contributed by atoms with E-state index in [9.17, 15) is 0 Å². The molecule has 30 heavy (non-hydrogen) atoms. The van der Waals surface area contributed by atoms with E-state index in [0.29, 0.717) is 5.82 Å². The lowest BCUT2D eigenvalue weighted by Crippen LogP contribution is -1.96. The van der Waals surface area contributed by atoms with Gasteiger partial charge in [0.25, 0.3) is 0 Å². The molecule has 0 saturated heterocycles. The fourth-order valence-corrected chi connectivity index (χ4v) is 3.46. The number of hydrogen-bond donors (Lipinski definition) is 0. The summed E-state index contributed by atoms with van der Waals surface area (Å²) in [7, 11) is 0. The van der Waals surface area contributed by atoms with Crippen LogP contribution in [0.25, 0.3) is 45.0 Å². The summed E-state index contributed by atoms with van der Waals surface area (Å²) in [5, 5.41) is 0. The summed E-state index contributed by atoms with van der Waals surface area (Å²) in [5.41, 5.74) is 7.15. The van der Waals surface area contributed by atoms with Gasteiger partial charge in [-0.1, -0.05) is 78.9 Å². The maximum absolute atomic E-state index is 4.88. The average molecular weight is 385 g/mol. The average Bonchev–Trinajstić information content (AvgIpc) is 2.85. The second-order valence-electron chi connectivity index (χ2n) is 7.02. The molecule has 5 rings (SSSR count). The molecule has 0 spiro atoms. The maximum atomic E-state index is 4.88. The van der Waals surface area contributed by atoms with Crippen molar-refractivity contribution >= 4 is 0 Å². The van der Waals surface area contributed by atoms with Gasteiger partial charge < -0.3 is 0 Å². The summed E-state index contributed by atoms with van der Waals surface area (Å²) < 4.78 is 0. The molecule has 0 atom stereocenters. The van der Waals surface area contributed by atoms with E-state index in [1.165, 1.54) is 5.56 Å². The van der Waals surface area contributed by atoms with Crippen LogP contribution in [0.5, 0.6) is 0 Å². The molecule has 3 aromatic carbocycles. The van der Waals surface area contributed by atoms with Crippen molar-refractivity contribution in [1.29, 1.82) is 0 Å². The van der Waals surface area contributed by atoms with Crippen molar-refractivity contribution in [3.05, 3.63) is 116 Å². The van der Waals surface area contributed by atoms with Crippen molar-refractivity contribution in [2.24, 2.45) is 0 Å². The molecule has 0 bridgehead atoms. The predicted molar refractivity (Wildman–Crippen MR) is 122 cm³/mol. The molecule has 2 aromatic heterocycles. The normalized spacial score (nSPS) is 10.7. The minimum Gasteiger partial charge on any atom is -0.264 e. The Morgan fingerprint density at radius 1 is 0.433 bits per heavy atom. The van der Waals surface area contributed by atoms with Crippen molar-refractivity contribution in [3.8, 4) is 45.0 Å². The molecule has 5 aromatic rings. The molecule has 2 heterocycles. The maximum Gasteiger partial charge on any atom is 0.161 e. The molecule has 0 aliphatic carbocycles. The van der Waals surface area contributed by atoms with Crippen LogP contribution >= 0.6 is 0 Å². The van der Waals surface area contributed by atoms with Crippen LogP contribution in [0.4, 0.5) is 0 Å². The third-order valence-corrected chi connectivity index (χ3v) is 4.98. The van der Waals surface area contributed by atoms with Gasteiger partial charge in [0.15, 0.2) is 5.82 Å². The third kappa shape index (κ3) is 3.74. The Hall–Kier alpha value is -4.11. The van der Waals surface area contributed by atoms with Crippen molar-refractivity contribution in [2.75, 3.05) is 0 Å². The van der Waals surface area contributed by atoms with Crippen LogP contribution in [0.3, 0.4) is 0 Å². The monoisotopic (exact) mass is 385 g/mol. The Kier molecular flexibility index (Phi) is 4.84. The predicted octanol–water partition coefficient (Wildman–Crippen LogP) is 6.54. The van der Waals surface area contributed by atoms with Crippen LogP contribution in [-0.2, 0) is 0 Å².